The highest BCUT2D eigenvalue weighted by Gasteiger charge is 2.41. The van der Waals surface area contributed by atoms with Gasteiger partial charge < -0.3 is 9.84 Å². The van der Waals surface area contributed by atoms with Gasteiger partial charge in [-0.05, 0) is 93.3 Å². The average molecular weight is 415 g/mol. The molecule has 0 aromatic heterocycles. The molecule has 2 aromatic rings. The molecule has 4 heteroatoms. The zero-order chi connectivity index (χ0) is 22.5. The lowest BCUT2D eigenvalue weighted by molar-refractivity contribution is -0.170. The number of esters is 1. The van der Waals surface area contributed by atoms with E-state index in [1.165, 1.54) is 11.6 Å². The minimum Gasteiger partial charge on any atom is -0.508 e. The topological polar surface area (TPSA) is 46.5 Å². The molecule has 3 rings (SSSR count). The van der Waals surface area contributed by atoms with Crippen LogP contribution in [0.3, 0.4) is 0 Å². The first kappa shape index (κ1) is 23.9. The second-order valence-corrected chi connectivity index (χ2v) is 9.06. The number of aryl methyl sites for hydroxylation is 1. The van der Waals surface area contributed by atoms with Gasteiger partial charge in [0.1, 0.15) is 17.2 Å². The van der Waals surface area contributed by atoms with Crippen LogP contribution in [0.1, 0.15) is 83.4 Å². The van der Waals surface area contributed by atoms with Gasteiger partial charge in [0, 0.05) is 0 Å². The Morgan fingerprint density at radius 2 is 1.83 bits per heavy atom. The molecule has 3 nitrogen and oxygen atoms in total. The van der Waals surface area contributed by atoms with Crippen molar-refractivity contribution in [2.24, 2.45) is 5.41 Å². The van der Waals surface area contributed by atoms with Crippen LogP contribution in [0.25, 0.3) is 0 Å². The first-order valence-electron chi connectivity index (χ1n) is 10.8. The van der Waals surface area contributed by atoms with Crippen LogP contribution in [0.4, 0.5) is 4.39 Å². The number of benzene rings is 2. The molecule has 0 bridgehead atoms. The van der Waals surface area contributed by atoms with E-state index in [0.29, 0.717) is 11.7 Å². The van der Waals surface area contributed by atoms with E-state index in [0.717, 1.165) is 36.8 Å². The molecular formula is C26H35FO3. The minimum absolute atomic E-state index is 0.185. The molecule has 1 N–H and O–H groups in total. The van der Waals surface area contributed by atoms with Crippen LogP contribution < -0.4 is 0 Å². The maximum absolute atomic E-state index is 13.2. The summed E-state index contributed by atoms with van der Waals surface area (Å²) < 4.78 is 19.0. The number of carbonyl (C=O) groups is 1. The van der Waals surface area contributed by atoms with E-state index in [1.54, 1.807) is 24.3 Å². The zero-order valence-electron chi connectivity index (χ0n) is 19.1. The molecule has 0 heterocycles. The van der Waals surface area contributed by atoms with Gasteiger partial charge in [0.2, 0.25) is 0 Å². The standard InChI is InChI=1S/C16H21FO2.C10H14O/c1-5-15(2,3)14(18)19-16(4)9-8-11-10-12(17)6-7-13(11)16;1-3-8(2)9-4-6-10(11)7-5-9/h6-7,10H,5,8-9H2,1-4H3;4-8,11H,3H2,1-2H3. The SMILES string of the molecule is CCC(C)(C)C(=O)OC1(C)CCc2cc(F)ccc21.CCC(C)c1ccc(O)cc1. The molecule has 1 aliphatic rings. The Morgan fingerprint density at radius 3 is 2.40 bits per heavy atom. The third-order valence-corrected chi connectivity index (χ3v) is 6.34. The van der Waals surface area contributed by atoms with Gasteiger partial charge in [0.25, 0.3) is 0 Å². The number of carbonyl (C=O) groups excluding carboxylic acids is 1. The van der Waals surface area contributed by atoms with Crippen LogP contribution in [-0.2, 0) is 21.6 Å². The van der Waals surface area contributed by atoms with E-state index in [9.17, 15) is 9.18 Å². The van der Waals surface area contributed by atoms with Gasteiger partial charge in [-0.25, -0.2) is 4.39 Å². The normalized spacial score (nSPS) is 18.8. The Labute approximate surface area is 180 Å². The molecule has 1 aliphatic carbocycles. The van der Waals surface area contributed by atoms with Crippen LogP contribution in [0, 0.1) is 11.2 Å². The molecule has 0 fully saturated rings. The third kappa shape index (κ3) is 5.62. The number of aromatic hydroxyl groups is 1. The van der Waals surface area contributed by atoms with Crippen molar-refractivity contribution in [1.29, 1.82) is 0 Å². The molecular weight excluding hydrogens is 379 g/mol. The monoisotopic (exact) mass is 414 g/mol. The smallest absolute Gasteiger partial charge is 0.312 e. The average Bonchev–Trinajstić information content (AvgIpc) is 3.03. The number of hydrogen-bond acceptors (Lipinski definition) is 3. The molecule has 2 aromatic carbocycles. The lowest BCUT2D eigenvalue weighted by Crippen LogP contribution is -2.34. The van der Waals surface area contributed by atoms with E-state index < -0.39 is 11.0 Å². The highest BCUT2D eigenvalue weighted by molar-refractivity contribution is 5.76. The van der Waals surface area contributed by atoms with Crippen molar-refractivity contribution in [3.63, 3.8) is 0 Å². The summed E-state index contributed by atoms with van der Waals surface area (Å²) in [6.07, 6.45) is 3.35. The highest BCUT2D eigenvalue weighted by atomic mass is 19.1. The fourth-order valence-corrected chi connectivity index (χ4v) is 3.42. The van der Waals surface area contributed by atoms with Gasteiger partial charge in [0.05, 0.1) is 5.41 Å². The molecule has 164 valence electrons. The molecule has 30 heavy (non-hydrogen) atoms. The predicted molar refractivity (Wildman–Crippen MR) is 119 cm³/mol. The van der Waals surface area contributed by atoms with Crippen molar-refractivity contribution in [3.05, 3.63) is 65.0 Å². The van der Waals surface area contributed by atoms with E-state index in [4.69, 9.17) is 9.84 Å². The van der Waals surface area contributed by atoms with Gasteiger partial charge in [-0.1, -0.05) is 39.0 Å². The Hall–Kier alpha value is -2.36. The van der Waals surface area contributed by atoms with Gasteiger partial charge in [-0.3, -0.25) is 4.79 Å². The maximum atomic E-state index is 13.2. The Morgan fingerprint density at radius 1 is 1.20 bits per heavy atom. The van der Waals surface area contributed by atoms with E-state index in [-0.39, 0.29) is 11.8 Å². The van der Waals surface area contributed by atoms with E-state index in [2.05, 4.69) is 13.8 Å². The first-order valence-corrected chi connectivity index (χ1v) is 10.8. The molecule has 0 saturated carbocycles. The largest absolute Gasteiger partial charge is 0.508 e. The van der Waals surface area contributed by atoms with Crippen molar-refractivity contribution >= 4 is 5.97 Å². The summed E-state index contributed by atoms with van der Waals surface area (Å²) in [5.41, 5.74) is 2.09. The molecule has 0 radical (unpaired) electrons. The fraction of sp³-hybridized carbons (Fsp3) is 0.500. The van der Waals surface area contributed by atoms with Crippen molar-refractivity contribution in [2.75, 3.05) is 0 Å². The molecule has 0 saturated heterocycles. The quantitative estimate of drug-likeness (QED) is 0.543. The number of phenolic OH excluding ortho intramolecular Hbond substituents is 1. The number of rotatable bonds is 5. The van der Waals surface area contributed by atoms with Crippen molar-refractivity contribution < 1.29 is 19.0 Å². The van der Waals surface area contributed by atoms with Crippen LogP contribution in [0.2, 0.25) is 0 Å². The zero-order valence-corrected chi connectivity index (χ0v) is 19.1. The van der Waals surface area contributed by atoms with Crippen LogP contribution in [0.5, 0.6) is 5.75 Å². The molecule has 0 aliphatic heterocycles. The van der Waals surface area contributed by atoms with E-state index >= 15 is 0 Å². The highest BCUT2D eigenvalue weighted by Crippen LogP contribution is 2.41. The second-order valence-electron chi connectivity index (χ2n) is 9.06. The maximum Gasteiger partial charge on any atom is 0.312 e. The molecule has 0 amide bonds. The summed E-state index contributed by atoms with van der Waals surface area (Å²) in [6.45, 7) is 12.0. The summed E-state index contributed by atoms with van der Waals surface area (Å²) in [5.74, 6) is 0.519. The van der Waals surface area contributed by atoms with Crippen LogP contribution in [0.15, 0.2) is 42.5 Å². The molecule has 2 unspecified atom stereocenters. The summed E-state index contributed by atoms with van der Waals surface area (Å²) in [7, 11) is 0. The Kier molecular flexibility index (Phi) is 7.68. The fourth-order valence-electron chi connectivity index (χ4n) is 3.42. The van der Waals surface area contributed by atoms with Gasteiger partial charge in [-0.15, -0.1) is 0 Å². The summed E-state index contributed by atoms with van der Waals surface area (Å²) in [4.78, 5) is 12.2. The number of hydrogen-bond donors (Lipinski definition) is 1. The number of phenols is 1. The first-order chi connectivity index (χ1) is 14.0. The third-order valence-electron chi connectivity index (χ3n) is 6.34. The Balaban J connectivity index is 0.000000248. The minimum atomic E-state index is -0.618. The van der Waals surface area contributed by atoms with Crippen molar-refractivity contribution in [2.45, 2.75) is 78.7 Å². The molecule has 0 spiro atoms. The Bertz CT molecular complexity index is 857. The lowest BCUT2D eigenvalue weighted by atomic mass is 9.89. The number of halogens is 1. The number of ether oxygens (including phenoxy) is 1. The summed E-state index contributed by atoms with van der Waals surface area (Å²) >= 11 is 0. The van der Waals surface area contributed by atoms with Crippen LogP contribution >= 0.6 is 0 Å². The van der Waals surface area contributed by atoms with Crippen molar-refractivity contribution in [1.82, 2.24) is 0 Å². The van der Waals surface area contributed by atoms with E-state index in [1.807, 2.05) is 39.8 Å². The van der Waals surface area contributed by atoms with Crippen molar-refractivity contribution in [3.8, 4) is 5.75 Å². The lowest BCUT2D eigenvalue weighted by Gasteiger charge is -2.31. The van der Waals surface area contributed by atoms with Gasteiger partial charge in [-0.2, -0.15) is 0 Å². The summed E-state index contributed by atoms with van der Waals surface area (Å²) in [5, 5.41) is 9.01. The summed E-state index contributed by atoms with van der Waals surface area (Å²) in [6, 6.07) is 12.1. The second kappa shape index (κ2) is 9.63. The number of fused-ring (bicyclic) bond motifs is 1. The predicted octanol–water partition coefficient (Wildman–Crippen LogP) is 6.87. The van der Waals surface area contributed by atoms with Gasteiger partial charge in [0.15, 0.2) is 0 Å². The van der Waals surface area contributed by atoms with Crippen LogP contribution in [-0.4, -0.2) is 11.1 Å². The van der Waals surface area contributed by atoms with Gasteiger partial charge >= 0.3 is 5.97 Å². The molecule has 2 atom stereocenters.